The summed E-state index contributed by atoms with van der Waals surface area (Å²) in [6.45, 7) is 1.40. The van der Waals surface area contributed by atoms with Crippen molar-refractivity contribution < 1.29 is 36.5 Å². The van der Waals surface area contributed by atoms with Crippen LogP contribution in [0.25, 0.3) is 0 Å². The smallest absolute Gasteiger partial charge is 0.412 e. The fourth-order valence-electron chi connectivity index (χ4n) is 0.933. The first-order chi connectivity index (χ1) is 6.86. The molecule has 0 aromatic rings. The minimum absolute atomic E-state index is 0.0478. The van der Waals surface area contributed by atoms with Crippen molar-refractivity contribution in [3.05, 3.63) is 0 Å². The number of cyclic esters (lactones) is 2. The van der Waals surface area contributed by atoms with Gasteiger partial charge in [-0.1, -0.05) is 0 Å². The minimum atomic E-state index is -4.82. The van der Waals surface area contributed by atoms with Gasteiger partial charge in [-0.3, -0.25) is 0 Å². The first-order valence-corrected chi connectivity index (χ1v) is 5.14. The van der Waals surface area contributed by atoms with Crippen molar-refractivity contribution in [3.63, 3.8) is 0 Å². The topological polar surface area (TPSA) is 61.8 Å². The molecule has 1 aliphatic heterocycles. The number of carbonyl (C=O) groups excluding carboxylic acids is 1. The molecule has 5 nitrogen and oxygen atoms in total. The van der Waals surface area contributed by atoms with E-state index in [1.54, 1.807) is 0 Å². The van der Waals surface area contributed by atoms with Crippen LogP contribution >= 0.6 is 8.03 Å². The normalized spacial score (nSPS) is 27.2. The largest absolute Gasteiger partial charge is 0.558 e. The Balaban J connectivity index is 2.77. The Bertz CT molecular complexity index is 278. The van der Waals surface area contributed by atoms with E-state index in [9.17, 15) is 22.5 Å². The summed E-state index contributed by atoms with van der Waals surface area (Å²) in [5.74, 6) is -1.92. The van der Waals surface area contributed by atoms with E-state index in [1.807, 2.05) is 0 Å². The quantitative estimate of drug-likeness (QED) is 0.565. The molecular weight excluding hydrogens is 240 g/mol. The Morgan fingerprint density at radius 1 is 1.47 bits per heavy atom. The van der Waals surface area contributed by atoms with Gasteiger partial charge in [0.15, 0.2) is 0 Å². The average molecular weight is 247 g/mol. The number of carbonyl (C=O) groups is 1. The summed E-state index contributed by atoms with van der Waals surface area (Å²) in [5, 5.41) is 0. The number of rotatable bonds is 3. The molecule has 1 heterocycles. The summed E-state index contributed by atoms with van der Waals surface area (Å²) in [7, 11) is -2.75. The second-order valence-corrected chi connectivity index (χ2v) is 3.88. The second-order valence-electron chi connectivity index (χ2n) is 2.54. The lowest BCUT2D eigenvalue weighted by Gasteiger charge is -2.10. The van der Waals surface area contributed by atoms with Crippen LogP contribution in [-0.2, 0) is 18.6 Å². The molecule has 86 valence electrons. The van der Waals surface area contributed by atoms with Crippen LogP contribution in [0.15, 0.2) is 0 Å². The molecule has 15 heavy (non-hydrogen) atoms. The highest BCUT2D eigenvalue weighted by Crippen LogP contribution is 2.43. The van der Waals surface area contributed by atoms with Gasteiger partial charge in [-0.25, -0.2) is 4.79 Å². The Labute approximate surface area is 83.3 Å². The zero-order valence-corrected chi connectivity index (χ0v) is 8.38. The van der Waals surface area contributed by atoms with Crippen molar-refractivity contribution >= 4 is 14.2 Å². The Morgan fingerprint density at radius 3 is 2.53 bits per heavy atom. The highest BCUT2D eigenvalue weighted by molar-refractivity contribution is 7.39. The van der Waals surface area contributed by atoms with E-state index < -0.39 is 32.3 Å². The first-order valence-electron chi connectivity index (χ1n) is 3.89. The fraction of sp³-hybridized carbons (Fsp3) is 0.833. The van der Waals surface area contributed by atoms with Gasteiger partial charge in [0.2, 0.25) is 0 Å². The number of hydrogen-bond donors (Lipinski definition) is 0. The summed E-state index contributed by atoms with van der Waals surface area (Å²) in [6.07, 6.45) is -8.84. The summed E-state index contributed by atoms with van der Waals surface area (Å²) < 4.78 is 60.3. The lowest BCUT2D eigenvalue weighted by atomic mass is 10.4. The van der Waals surface area contributed by atoms with Crippen LogP contribution in [0.4, 0.5) is 18.0 Å². The Kier molecular flexibility index (Phi) is 3.51. The highest BCUT2D eigenvalue weighted by Gasteiger charge is 2.63. The summed E-state index contributed by atoms with van der Waals surface area (Å²) in [4.78, 5) is 10.5. The number of alkyl halides is 3. The number of ether oxygens (including phenoxy) is 2. The first kappa shape index (κ1) is 12.2. The molecule has 3 unspecified atom stereocenters. The van der Waals surface area contributed by atoms with Gasteiger partial charge in [0, 0.05) is 0 Å². The van der Waals surface area contributed by atoms with Gasteiger partial charge in [0.1, 0.15) is 0 Å². The van der Waals surface area contributed by atoms with Crippen LogP contribution in [0, 0.1) is 0 Å². The molecule has 0 aliphatic carbocycles. The van der Waals surface area contributed by atoms with Crippen molar-refractivity contribution in [3.8, 4) is 0 Å². The Morgan fingerprint density at radius 2 is 2.07 bits per heavy atom. The maximum Gasteiger partial charge on any atom is 0.558 e. The van der Waals surface area contributed by atoms with E-state index in [4.69, 9.17) is 0 Å². The zero-order valence-electron chi connectivity index (χ0n) is 7.48. The SMILES string of the molecule is CCO[P+](=O)C1OC(=O)OC1C(F)(F)F. The molecule has 1 saturated heterocycles. The molecule has 0 spiro atoms. The van der Waals surface area contributed by atoms with Gasteiger partial charge in [-0.2, -0.15) is 13.2 Å². The molecule has 0 aromatic heterocycles. The maximum absolute atomic E-state index is 12.2. The van der Waals surface area contributed by atoms with Gasteiger partial charge in [0.05, 0.1) is 6.61 Å². The van der Waals surface area contributed by atoms with E-state index in [1.165, 1.54) is 6.92 Å². The molecule has 0 aromatic carbocycles. The van der Waals surface area contributed by atoms with Crippen molar-refractivity contribution in [1.29, 1.82) is 0 Å². The third kappa shape index (κ3) is 2.79. The van der Waals surface area contributed by atoms with Crippen molar-refractivity contribution in [2.45, 2.75) is 25.0 Å². The number of hydrogen-bond acceptors (Lipinski definition) is 5. The predicted molar refractivity (Wildman–Crippen MR) is 40.4 cm³/mol. The van der Waals surface area contributed by atoms with Gasteiger partial charge in [0.25, 0.3) is 6.10 Å². The van der Waals surface area contributed by atoms with Crippen LogP contribution in [0.3, 0.4) is 0 Å². The minimum Gasteiger partial charge on any atom is -0.412 e. The molecule has 9 heteroatoms. The van der Waals surface area contributed by atoms with Gasteiger partial charge in [-0.05, 0) is 11.5 Å². The predicted octanol–water partition coefficient (Wildman–Crippen LogP) is 2.19. The second kappa shape index (κ2) is 4.32. The molecule has 3 atom stereocenters. The standard InChI is InChI=1S/C6H7F3O5P/c1-2-12-15(11)4-3(6(7,8)9)13-5(10)14-4/h3-4H,2H2,1H3/q+1. The number of halogens is 3. The zero-order chi connectivity index (χ0) is 11.6. The third-order valence-electron chi connectivity index (χ3n) is 1.49. The van der Waals surface area contributed by atoms with E-state index in [0.717, 1.165) is 0 Å². The average Bonchev–Trinajstić information content (AvgIpc) is 2.47. The molecule has 1 rings (SSSR count). The molecular formula is C6H7F3O5P+. The van der Waals surface area contributed by atoms with Crippen LogP contribution in [-0.4, -0.2) is 30.9 Å². The van der Waals surface area contributed by atoms with Gasteiger partial charge >= 0.3 is 26.2 Å². The molecule has 0 saturated carbocycles. The molecule has 0 radical (unpaired) electrons. The van der Waals surface area contributed by atoms with Crippen molar-refractivity contribution in [1.82, 2.24) is 0 Å². The molecule has 0 bridgehead atoms. The molecule has 0 amide bonds. The van der Waals surface area contributed by atoms with E-state index in [2.05, 4.69) is 14.0 Å². The van der Waals surface area contributed by atoms with Crippen LogP contribution in [0.5, 0.6) is 0 Å². The molecule has 1 fully saturated rings. The van der Waals surface area contributed by atoms with Crippen LogP contribution in [0.1, 0.15) is 6.92 Å². The van der Waals surface area contributed by atoms with E-state index in [-0.39, 0.29) is 6.61 Å². The van der Waals surface area contributed by atoms with Gasteiger partial charge in [-0.15, -0.1) is 4.52 Å². The third-order valence-corrected chi connectivity index (χ3v) is 2.79. The van der Waals surface area contributed by atoms with E-state index in [0.29, 0.717) is 0 Å². The maximum atomic E-state index is 12.2. The lowest BCUT2D eigenvalue weighted by Crippen LogP contribution is -2.36. The van der Waals surface area contributed by atoms with Crippen LogP contribution < -0.4 is 0 Å². The van der Waals surface area contributed by atoms with Crippen LogP contribution in [0.2, 0.25) is 0 Å². The van der Waals surface area contributed by atoms with Crippen molar-refractivity contribution in [2.75, 3.05) is 6.61 Å². The van der Waals surface area contributed by atoms with Crippen molar-refractivity contribution in [2.24, 2.45) is 0 Å². The lowest BCUT2D eigenvalue weighted by molar-refractivity contribution is -0.197. The molecule has 1 aliphatic rings. The highest BCUT2D eigenvalue weighted by atomic mass is 31.1. The summed E-state index contributed by atoms with van der Waals surface area (Å²) in [6, 6.07) is 0. The fourth-order valence-corrected chi connectivity index (χ4v) is 1.96. The Hall–Kier alpha value is -0.880. The summed E-state index contributed by atoms with van der Waals surface area (Å²) >= 11 is 0. The van der Waals surface area contributed by atoms with Gasteiger partial charge < -0.3 is 9.47 Å². The summed E-state index contributed by atoms with van der Waals surface area (Å²) in [5.41, 5.74) is 0. The van der Waals surface area contributed by atoms with E-state index >= 15 is 0 Å². The molecule has 0 N–H and O–H groups in total. The monoisotopic (exact) mass is 247 g/mol.